The van der Waals surface area contributed by atoms with Gasteiger partial charge in [-0.25, -0.2) is 4.79 Å². The Labute approximate surface area is 182 Å². The van der Waals surface area contributed by atoms with E-state index < -0.39 is 6.16 Å². The SMILES string of the molecule is CCCCCC[N+](CCCCCC)(CCCCCC)CCCCCC.O=C(O)O. The summed E-state index contributed by atoms with van der Waals surface area (Å²) >= 11 is 0. The first-order chi connectivity index (χ1) is 14.0. The van der Waals surface area contributed by atoms with Crippen LogP contribution in [0.25, 0.3) is 0 Å². The van der Waals surface area contributed by atoms with Gasteiger partial charge in [-0.15, -0.1) is 0 Å². The van der Waals surface area contributed by atoms with Gasteiger partial charge in [0, 0.05) is 0 Å². The van der Waals surface area contributed by atoms with Gasteiger partial charge < -0.3 is 14.7 Å². The highest BCUT2D eigenvalue weighted by Gasteiger charge is 2.25. The second-order valence-electron chi connectivity index (χ2n) is 8.76. The molecule has 0 atom stereocenters. The molecule has 0 saturated carbocycles. The van der Waals surface area contributed by atoms with Crippen LogP contribution < -0.4 is 0 Å². The van der Waals surface area contributed by atoms with Gasteiger partial charge in [-0.3, -0.25) is 0 Å². The molecule has 176 valence electrons. The third kappa shape index (κ3) is 23.4. The molecule has 0 aromatic rings. The van der Waals surface area contributed by atoms with Gasteiger partial charge in [-0.05, 0) is 51.4 Å². The Kier molecular flexibility index (Phi) is 24.7. The number of unbranched alkanes of at least 4 members (excludes halogenated alkanes) is 12. The van der Waals surface area contributed by atoms with Gasteiger partial charge in [-0.1, -0.05) is 79.1 Å². The third-order valence-corrected chi connectivity index (χ3v) is 5.94. The normalized spacial score (nSPS) is 11.2. The highest BCUT2D eigenvalue weighted by atomic mass is 16.6. The third-order valence-electron chi connectivity index (χ3n) is 5.94. The maximum Gasteiger partial charge on any atom is 0.503 e. The lowest BCUT2D eigenvalue weighted by atomic mass is 10.1. The zero-order chi connectivity index (χ0) is 22.2. The average molecular weight is 417 g/mol. The minimum atomic E-state index is -1.83. The van der Waals surface area contributed by atoms with E-state index >= 15 is 0 Å². The first kappa shape index (κ1) is 30.4. The van der Waals surface area contributed by atoms with Crippen molar-refractivity contribution in [2.45, 2.75) is 130 Å². The number of nitrogens with zero attached hydrogens (tertiary/aromatic N) is 1. The van der Waals surface area contributed by atoms with Crippen LogP contribution in [0.15, 0.2) is 0 Å². The van der Waals surface area contributed by atoms with Gasteiger partial charge in [0.05, 0.1) is 26.2 Å². The fraction of sp³-hybridized carbons (Fsp3) is 0.960. The van der Waals surface area contributed by atoms with E-state index in [1.165, 1.54) is 133 Å². The quantitative estimate of drug-likeness (QED) is 0.155. The zero-order valence-electron chi connectivity index (χ0n) is 20.4. The molecule has 0 fully saturated rings. The van der Waals surface area contributed by atoms with Crippen molar-refractivity contribution in [2.75, 3.05) is 26.2 Å². The number of carboxylic acid groups (broad SMARTS) is 2. The van der Waals surface area contributed by atoms with Crippen LogP contribution in [0, 0.1) is 0 Å². The van der Waals surface area contributed by atoms with Gasteiger partial charge in [0.25, 0.3) is 0 Å². The fourth-order valence-electron chi connectivity index (χ4n) is 4.17. The highest BCUT2D eigenvalue weighted by Crippen LogP contribution is 2.19. The van der Waals surface area contributed by atoms with Crippen molar-refractivity contribution < 1.29 is 19.5 Å². The second kappa shape index (κ2) is 23.5. The van der Waals surface area contributed by atoms with Crippen LogP contribution >= 0.6 is 0 Å². The van der Waals surface area contributed by atoms with Crippen molar-refractivity contribution in [3.05, 3.63) is 0 Å². The van der Waals surface area contributed by atoms with Crippen LogP contribution in [0.2, 0.25) is 0 Å². The molecule has 0 aromatic carbocycles. The summed E-state index contributed by atoms with van der Waals surface area (Å²) in [6, 6.07) is 0. The molecule has 0 radical (unpaired) electrons. The Bertz CT molecular complexity index is 277. The van der Waals surface area contributed by atoms with Crippen molar-refractivity contribution >= 4 is 6.16 Å². The Morgan fingerprint density at radius 3 is 0.862 bits per heavy atom. The Hall–Kier alpha value is -0.770. The smallest absolute Gasteiger partial charge is 0.450 e. The lowest BCUT2D eigenvalue weighted by molar-refractivity contribution is -0.929. The van der Waals surface area contributed by atoms with Crippen molar-refractivity contribution in [3.8, 4) is 0 Å². The summed E-state index contributed by atoms with van der Waals surface area (Å²) < 4.78 is 1.46. The van der Waals surface area contributed by atoms with E-state index in [4.69, 9.17) is 15.0 Å². The van der Waals surface area contributed by atoms with Crippen LogP contribution in [-0.2, 0) is 0 Å². The highest BCUT2D eigenvalue weighted by molar-refractivity contribution is 5.53. The first-order valence-corrected chi connectivity index (χ1v) is 12.7. The number of rotatable bonds is 20. The van der Waals surface area contributed by atoms with Gasteiger partial charge in [0.2, 0.25) is 0 Å². The van der Waals surface area contributed by atoms with E-state index in [2.05, 4.69) is 27.7 Å². The van der Waals surface area contributed by atoms with Gasteiger partial charge in [0.1, 0.15) is 0 Å². The number of hydrogen-bond acceptors (Lipinski definition) is 1. The summed E-state index contributed by atoms with van der Waals surface area (Å²) in [5, 5.41) is 13.9. The van der Waals surface area contributed by atoms with Crippen LogP contribution in [0.4, 0.5) is 4.79 Å². The molecule has 0 amide bonds. The summed E-state index contributed by atoms with van der Waals surface area (Å²) in [6.07, 6.45) is 21.0. The van der Waals surface area contributed by atoms with Crippen LogP contribution in [0.3, 0.4) is 0 Å². The topological polar surface area (TPSA) is 57.5 Å². The van der Waals surface area contributed by atoms with E-state index in [1.807, 2.05) is 0 Å². The molecule has 0 heterocycles. The van der Waals surface area contributed by atoms with Crippen LogP contribution in [-0.4, -0.2) is 47.0 Å². The molecule has 0 aromatic heterocycles. The fourth-order valence-corrected chi connectivity index (χ4v) is 4.17. The number of hydrogen-bond donors (Lipinski definition) is 2. The Morgan fingerprint density at radius 1 is 0.483 bits per heavy atom. The van der Waals surface area contributed by atoms with Crippen molar-refractivity contribution in [3.63, 3.8) is 0 Å². The van der Waals surface area contributed by atoms with E-state index in [9.17, 15) is 0 Å². The van der Waals surface area contributed by atoms with Crippen molar-refractivity contribution in [2.24, 2.45) is 0 Å². The Morgan fingerprint density at radius 2 is 0.690 bits per heavy atom. The van der Waals surface area contributed by atoms with Gasteiger partial charge in [0.15, 0.2) is 0 Å². The number of quaternary nitrogens is 1. The molecular weight excluding hydrogens is 362 g/mol. The van der Waals surface area contributed by atoms with E-state index in [0.29, 0.717) is 0 Å². The second-order valence-corrected chi connectivity index (χ2v) is 8.76. The zero-order valence-corrected chi connectivity index (χ0v) is 20.4. The molecular formula is C25H54NO3+. The molecule has 2 N–H and O–H groups in total. The monoisotopic (exact) mass is 416 g/mol. The molecule has 0 aliphatic heterocycles. The minimum absolute atomic E-state index is 1.36. The maximum atomic E-state index is 8.56. The summed E-state index contributed by atoms with van der Waals surface area (Å²) in [7, 11) is 0. The molecule has 4 heteroatoms. The molecule has 0 aliphatic rings. The van der Waals surface area contributed by atoms with Crippen molar-refractivity contribution in [1.29, 1.82) is 0 Å². The lowest BCUT2D eigenvalue weighted by Gasteiger charge is -2.39. The molecule has 0 rings (SSSR count). The van der Waals surface area contributed by atoms with E-state index in [0.717, 1.165) is 0 Å². The Balaban J connectivity index is 0. The summed E-state index contributed by atoms with van der Waals surface area (Å²) in [5.41, 5.74) is 0. The van der Waals surface area contributed by atoms with E-state index in [1.54, 1.807) is 0 Å². The van der Waals surface area contributed by atoms with E-state index in [-0.39, 0.29) is 0 Å². The standard InChI is InChI=1S/C24H52N.CH2O3/c1-5-9-13-17-21-25(22-18-14-10-6-2,23-19-15-11-7-3)24-20-16-12-8-4;2-1(3)4/h5-24H2,1-4H3;(H2,2,3,4)/q+1;. The van der Waals surface area contributed by atoms with Gasteiger partial charge >= 0.3 is 6.16 Å². The molecule has 0 spiro atoms. The van der Waals surface area contributed by atoms with Gasteiger partial charge in [-0.2, -0.15) is 0 Å². The molecule has 4 nitrogen and oxygen atoms in total. The molecule has 29 heavy (non-hydrogen) atoms. The summed E-state index contributed by atoms with van der Waals surface area (Å²) in [5.74, 6) is 0. The maximum absolute atomic E-state index is 8.56. The first-order valence-electron chi connectivity index (χ1n) is 12.7. The molecule has 0 unspecified atom stereocenters. The molecule has 0 bridgehead atoms. The largest absolute Gasteiger partial charge is 0.503 e. The predicted octanol–water partition coefficient (Wildman–Crippen LogP) is 8.35. The minimum Gasteiger partial charge on any atom is -0.450 e. The van der Waals surface area contributed by atoms with Crippen molar-refractivity contribution in [1.82, 2.24) is 0 Å². The average Bonchev–Trinajstić information content (AvgIpc) is 2.69. The van der Waals surface area contributed by atoms with Crippen LogP contribution in [0.1, 0.15) is 130 Å². The predicted molar refractivity (Wildman–Crippen MR) is 127 cm³/mol. The lowest BCUT2D eigenvalue weighted by Crippen LogP contribution is -2.50. The number of carbonyl (C=O) groups is 1. The summed E-state index contributed by atoms with van der Waals surface area (Å²) in [4.78, 5) is 8.56. The summed E-state index contributed by atoms with van der Waals surface area (Å²) in [6.45, 7) is 15.2. The molecule has 0 saturated heterocycles. The van der Waals surface area contributed by atoms with Crippen LogP contribution in [0.5, 0.6) is 0 Å². The molecule has 0 aliphatic carbocycles.